The Balaban J connectivity index is 1.22. The number of hydrogen-bond donors (Lipinski definition) is 1. The first-order valence-electron chi connectivity index (χ1n) is 14.4. The summed E-state index contributed by atoms with van der Waals surface area (Å²) in [4.78, 5) is 14.5. The highest BCUT2D eigenvalue weighted by atomic mass is 16.3. The number of furan rings is 1. The number of nitrogens with zero attached hydrogens (tertiary/aromatic N) is 3. The fraction of sp³-hybridized carbons (Fsp3) is 0.0263. The summed E-state index contributed by atoms with van der Waals surface area (Å²) in [5, 5.41) is 13.1. The Bertz CT molecular complexity index is 2440. The minimum atomic E-state index is -0.325. The van der Waals surface area contributed by atoms with Gasteiger partial charge in [0.25, 0.3) is 0 Å². The van der Waals surface area contributed by atoms with Crippen LogP contribution in [-0.2, 0) is 0 Å². The Hall–Kier alpha value is -5.81. The molecule has 5 heteroatoms. The van der Waals surface area contributed by atoms with Gasteiger partial charge in [0.15, 0.2) is 11.4 Å². The number of fused-ring (bicyclic) bond motifs is 8. The molecule has 5 nitrogen and oxygen atoms in total. The van der Waals surface area contributed by atoms with E-state index in [1.54, 1.807) is 12.4 Å². The van der Waals surface area contributed by atoms with E-state index < -0.39 is 0 Å². The third-order valence-corrected chi connectivity index (χ3v) is 8.41. The van der Waals surface area contributed by atoms with Crippen LogP contribution in [0.5, 0.6) is 0 Å². The van der Waals surface area contributed by atoms with Crippen molar-refractivity contribution in [1.29, 1.82) is 0 Å². The zero-order chi connectivity index (χ0) is 28.3. The van der Waals surface area contributed by atoms with Crippen LogP contribution < -0.4 is 5.32 Å². The highest BCUT2D eigenvalue weighted by molar-refractivity contribution is 6.22. The maximum atomic E-state index is 6.14. The summed E-state index contributed by atoms with van der Waals surface area (Å²) in [7, 11) is 0. The van der Waals surface area contributed by atoms with Crippen molar-refractivity contribution >= 4 is 65.9 Å². The highest BCUT2D eigenvalue weighted by Gasteiger charge is 2.24. The molecule has 1 atom stereocenters. The maximum absolute atomic E-state index is 6.14. The number of aromatic nitrogens is 1. The highest BCUT2D eigenvalue weighted by Crippen LogP contribution is 2.35. The van der Waals surface area contributed by atoms with E-state index >= 15 is 0 Å². The number of pyridine rings is 1. The van der Waals surface area contributed by atoms with Crippen LogP contribution in [-0.4, -0.2) is 16.7 Å². The molecule has 0 fully saturated rings. The quantitative estimate of drug-likeness (QED) is 0.223. The molecule has 0 saturated heterocycles. The molecule has 2 aromatic heterocycles. The van der Waals surface area contributed by atoms with Crippen molar-refractivity contribution in [3.63, 3.8) is 0 Å². The molecule has 9 rings (SSSR count). The average molecular weight is 553 g/mol. The number of benzene rings is 6. The van der Waals surface area contributed by atoms with E-state index in [0.29, 0.717) is 5.84 Å². The summed E-state index contributed by atoms with van der Waals surface area (Å²) in [5.41, 5.74) is 4.55. The van der Waals surface area contributed by atoms with Crippen LogP contribution in [0.15, 0.2) is 148 Å². The molecule has 43 heavy (non-hydrogen) atoms. The third kappa shape index (κ3) is 3.82. The molecule has 0 saturated carbocycles. The number of nitrogens with one attached hydrogen (secondary N) is 1. The van der Waals surface area contributed by atoms with E-state index in [9.17, 15) is 0 Å². The molecule has 1 unspecified atom stereocenters. The summed E-state index contributed by atoms with van der Waals surface area (Å²) < 4.78 is 6.14. The fourth-order valence-electron chi connectivity index (χ4n) is 6.37. The summed E-state index contributed by atoms with van der Waals surface area (Å²) in [6.45, 7) is 0. The third-order valence-electron chi connectivity index (χ3n) is 8.41. The molecule has 0 bridgehead atoms. The van der Waals surface area contributed by atoms with Gasteiger partial charge in [-0.25, -0.2) is 9.98 Å². The first kappa shape index (κ1) is 23.9. The second-order valence-electron chi connectivity index (χ2n) is 10.9. The number of aliphatic imine (C=N–C) groups is 2. The predicted octanol–water partition coefficient (Wildman–Crippen LogP) is 8.94. The molecule has 0 amide bonds. The van der Waals surface area contributed by atoms with Gasteiger partial charge in [0.05, 0.1) is 6.20 Å². The zero-order valence-corrected chi connectivity index (χ0v) is 23.0. The predicted molar refractivity (Wildman–Crippen MR) is 176 cm³/mol. The van der Waals surface area contributed by atoms with Crippen LogP contribution in [0.25, 0.3) is 54.3 Å². The van der Waals surface area contributed by atoms with E-state index in [4.69, 9.17) is 14.4 Å². The van der Waals surface area contributed by atoms with Crippen molar-refractivity contribution in [2.24, 2.45) is 9.98 Å². The van der Waals surface area contributed by atoms with Crippen LogP contribution in [0.4, 0.5) is 0 Å². The van der Waals surface area contributed by atoms with Gasteiger partial charge in [-0.05, 0) is 56.1 Å². The zero-order valence-electron chi connectivity index (χ0n) is 23.0. The molecule has 1 aliphatic rings. The van der Waals surface area contributed by atoms with E-state index in [1.165, 1.54) is 32.3 Å². The standard InChI is InChI=1S/C38H24N4O/c1-2-8-24(9-3-1)36-40-37(42-38(41-36)32-11-6-12-33-35(32)31-19-20-39-22-34(31)43-33)26-15-16-28-25(21-26)14-18-29-27-10-5-4-7-23(27)13-17-30(28)29/h1-22,37H,(H,40,41,42). The van der Waals surface area contributed by atoms with Gasteiger partial charge in [-0.1, -0.05) is 103 Å². The second-order valence-corrected chi connectivity index (χ2v) is 10.9. The van der Waals surface area contributed by atoms with Crippen molar-refractivity contribution < 1.29 is 4.42 Å². The molecule has 8 aromatic rings. The van der Waals surface area contributed by atoms with Crippen LogP contribution in [0.1, 0.15) is 22.9 Å². The Morgan fingerprint density at radius 2 is 1.40 bits per heavy atom. The minimum absolute atomic E-state index is 0.325. The topological polar surface area (TPSA) is 62.8 Å². The average Bonchev–Trinajstić information content (AvgIpc) is 3.47. The number of rotatable bonds is 3. The van der Waals surface area contributed by atoms with Crippen LogP contribution in [0.3, 0.4) is 0 Å². The molecule has 1 aliphatic heterocycles. The lowest BCUT2D eigenvalue weighted by molar-refractivity contribution is 0.666. The van der Waals surface area contributed by atoms with Crippen molar-refractivity contribution in [3.05, 3.63) is 150 Å². The monoisotopic (exact) mass is 552 g/mol. The molecule has 1 N–H and O–H groups in total. The second kappa shape index (κ2) is 9.36. The molecule has 6 aromatic carbocycles. The Morgan fingerprint density at radius 3 is 2.30 bits per heavy atom. The van der Waals surface area contributed by atoms with Gasteiger partial charge in [0.2, 0.25) is 0 Å². The van der Waals surface area contributed by atoms with Gasteiger partial charge in [-0.15, -0.1) is 0 Å². The molecular formula is C38H24N4O. The molecule has 3 heterocycles. The van der Waals surface area contributed by atoms with Crippen molar-refractivity contribution in [2.75, 3.05) is 0 Å². The molecule has 0 aliphatic carbocycles. The summed E-state index contributed by atoms with van der Waals surface area (Å²) >= 11 is 0. The first-order chi connectivity index (χ1) is 21.3. The number of hydrogen-bond acceptors (Lipinski definition) is 5. The van der Waals surface area contributed by atoms with Crippen LogP contribution in [0, 0.1) is 0 Å². The van der Waals surface area contributed by atoms with Gasteiger partial charge in [0, 0.05) is 28.1 Å². The molecule has 202 valence electrons. The molecular weight excluding hydrogens is 528 g/mol. The SMILES string of the molecule is c1ccc(C2=NC(c3cccc4oc5cnccc5c34)=NC(c3ccc4c(ccc5c6ccccc6ccc45)c3)N2)cc1. The van der Waals surface area contributed by atoms with Gasteiger partial charge in [-0.3, -0.25) is 4.98 Å². The van der Waals surface area contributed by atoms with Gasteiger partial charge >= 0.3 is 0 Å². The van der Waals surface area contributed by atoms with Crippen LogP contribution >= 0.6 is 0 Å². The van der Waals surface area contributed by atoms with Gasteiger partial charge < -0.3 is 9.73 Å². The summed E-state index contributed by atoms with van der Waals surface area (Å²) in [5.74, 6) is 1.45. The van der Waals surface area contributed by atoms with E-state index in [-0.39, 0.29) is 6.17 Å². The lowest BCUT2D eigenvalue weighted by Crippen LogP contribution is -2.33. The largest absolute Gasteiger partial charge is 0.454 e. The Labute approximate surface area is 246 Å². The summed E-state index contributed by atoms with van der Waals surface area (Å²) in [6, 6.07) is 42.4. The van der Waals surface area contributed by atoms with E-state index in [0.717, 1.165) is 44.5 Å². The van der Waals surface area contributed by atoms with E-state index in [1.807, 2.05) is 36.4 Å². The Morgan fingerprint density at radius 1 is 0.605 bits per heavy atom. The van der Waals surface area contributed by atoms with Crippen molar-refractivity contribution in [1.82, 2.24) is 10.3 Å². The lowest BCUT2D eigenvalue weighted by atomic mass is 9.95. The van der Waals surface area contributed by atoms with Crippen molar-refractivity contribution in [3.8, 4) is 0 Å². The molecule has 0 spiro atoms. The first-order valence-corrected chi connectivity index (χ1v) is 14.4. The van der Waals surface area contributed by atoms with Crippen molar-refractivity contribution in [2.45, 2.75) is 6.17 Å². The number of amidine groups is 2. The Kier molecular flexibility index (Phi) is 5.19. The van der Waals surface area contributed by atoms with Gasteiger partial charge in [-0.2, -0.15) is 0 Å². The van der Waals surface area contributed by atoms with Crippen LogP contribution in [0.2, 0.25) is 0 Å². The smallest absolute Gasteiger partial charge is 0.160 e. The lowest BCUT2D eigenvalue weighted by Gasteiger charge is -2.24. The van der Waals surface area contributed by atoms with E-state index in [2.05, 4.69) is 95.2 Å². The normalized spacial score (nSPS) is 15.2. The molecule has 0 radical (unpaired) electrons. The minimum Gasteiger partial charge on any atom is -0.454 e. The van der Waals surface area contributed by atoms with Gasteiger partial charge in [0.1, 0.15) is 17.6 Å². The fourth-order valence-corrected chi connectivity index (χ4v) is 6.37. The maximum Gasteiger partial charge on any atom is 0.160 e. The summed E-state index contributed by atoms with van der Waals surface area (Å²) in [6.07, 6.45) is 3.22.